The molecule has 0 amide bonds. The monoisotopic (exact) mass is 308 g/mol. The molecule has 17 heavy (non-hydrogen) atoms. The second-order valence-corrected chi connectivity index (χ2v) is 6.09. The highest BCUT2D eigenvalue weighted by molar-refractivity contribution is 9.09. The first-order valence-corrected chi connectivity index (χ1v) is 7.84. The van der Waals surface area contributed by atoms with E-state index in [1.165, 1.54) is 23.1 Å². The summed E-state index contributed by atoms with van der Waals surface area (Å²) in [5.41, 5.74) is 4.10. The topological polar surface area (TPSA) is 0 Å². The molecule has 0 N–H and O–H groups in total. The molecule has 0 saturated heterocycles. The minimum absolute atomic E-state index is 0.319. The van der Waals surface area contributed by atoms with Crippen LogP contribution in [0.25, 0.3) is 0 Å². The summed E-state index contributed by atoms with van der Waals surface area (Å²) in [6, 6.07) is 11.2. The third-order valence-electron chi connectivity index (χ3n) is 3.25. The number of thiophene rings is 1. The maximum Gasteiger partial charge on any atom is 0.0652 e. The largest absolute Gasteiger partial charge is 0.152 e. The predicted octanol–water partition coefficient (Wildman–Crippen LogP) is 5.75. The molecular formula is C15H17BrS. The fraction of sp³-hybridized carbons (Fsp3) is 0.333. The molecule has 1 heterocycles. The molecule has 0 bridgehead atoms. The number of rotatable bonds is 4. The van der Waals surface area contributed by atoms with Crippen molar-refractivity contribution in [2.45, 2.75) is 31.0 Å². The van der Waals surface area contributed by atoms with Crippen molar-refractivity contribution in [2.75, 3.05) is 0 Å². The van der Waals surface area contributed by atoms with Crippen molar-refractivity contribution < 1.29 is 0 Å². The summed E-state index contributed by atoms with van der Waals surface area (Å²) >= 11 is 5.50. The van der Waals surface area contributed by atoms with Crippen molar-refractivity contribution >= 4 is 27.3 Å². The number of halogens is 1. The van der Waals surface area contributed by atoms with Gasteiger partial charge >= 0.3 is 0 Å². The van der Waals surface area contributed by atoms with Crippen molar-refractivity contribution in [3.8, 4) is 0 Å². The zero-order valence-corrected chi connectivity index (χ0v) is 12.6. The van der Waals surface area contributed by atoms with Gasteiger partial charge in [0.15, 0.2) is 0 Å². The van der Waals surface area contributed by atoms with Crippen LogP contribution < -0.4 is 0 Å². The number of hydrogen-bond acceptors (Lipinski definition) is 1. The number of benzene rings is 1. The smallest absolute Gasteiger partial charge is 0.0652 e. The minimum Gasteiger partial charge on any atom is -0.152 e. The van der Waals surface area contributed by atoms with E-state index in [0.717, 1.165) is 0 Å². The fourth-order valence-electron chi connectivity index (χ4n) is 1.84. The van der Waals surface area contributed by atoms with Gasteiger partial charge in [0.2, 0.25) is 0 Å². The second-order valence-electron chi connectivity index (χ2n) is 4.40. The van der Waals surface area contributed by atoms with Crippen molar-refractivity contribution in [3.63, 3.8) is 0 Å². The summed E-state index contributed by atoms with van der Waals surface area (Å²) in [7, 11) is 0. The molecule has 0 aliphatic rings. The van der Waals surface area contributed by atoms with Crippen LogP contribution in [0.15, 0.2) is 41.1 Å². The molecule has 2 heteroatoms. The molecule has 0 radical (unpaired) electrons. The number of hydrogen-bond donors (Lipinski definition) is 0. The highest BCUT2D eigenvalue weighted by Crippen LogP contribution is 2.32. The molecule has 90 valence electrons. The third-order valence-corrected chi connectivity index (χ3v) is 5.01. The Morgan fingerprint density at radius 2 is 1.71 bits per heavy atom. The third kappa shape index (κ3) is 2.99. The van der Waals surface area contributed by atoms with E-state index in [-0.39, 0.29) is 0 Å². The Labute approximate surface area is 116 Å². The van der Waals surface area contributed by atoms with Gasteiger partial charge in [0.25, 0.3) is 0 Å². The molecule has 2 unspecified atom stereocenters. The fourth-order valence-corrected chi connectivity index (χ4v) is 3.29. The van der Waals surface area contributed by atoms with Crippen molar-refractivity contribution in [3.05, 3.63) is 57.8 Å². The molecule has 0 aliphatic heterocycles. The SMILES string of the molecule is CCC(C)c1ccc(C(Br)c2ccsc2)cc1. The summed E-state index contributed by atoms with van der Waals surface area (Å²) in [4.78, 5) is 0.319. The van der Waals surface area contributed by atoms with Crippen LogP contribution in [-0.4, -0.2) is 0 Å². The van der Waals surface area contributed by atoms with E-state index >= 15 is 0 Å². The van der Waals surface area contributed by atoms with Gasteiger partial charge in [-0.25, -0.2) is 0 Å². The average Bonchev–Trinajstić information content (AvgIpc) is 2.91. The van der Waals surface area contributed by atoms with Gasteiger partial charge < -0.3 is 0 Å². The lowest BCUT2D eigenvalue weighted by Crippen LogP contribution is -1.94. The van der Waals surface area contributed by atoms with E-state index in [0.29, 0.717) is 10.7 Å². The van der Waals surface area contributed by atoms with Gasteiger partial charge in [-0.2, -0.15) is 11.3 Å². The molecule has 0 fully saturated rings. The first kappa shape index (κ1) is 12.8. The molecule has 2 aromatic rings. The highest BCUT2D eigenvalue weighted by atomic mass is 79.9. The maximum atomic E-state index is 3.76. The van der Waals surface area contributed by atoms with Gasteiger partial charge in [-0.3, -0.25) is 0 Å². The Morgan fingerprint density at radius 3 is 2.24 bits per heavy atom. The first-order chi connectivity index (χ1) is 8.22. The maximum absolute atomic E-state index is 3.76. The molecule has 2 rings (SSSR count). The summed E-state index contributed by atoms with van der Waals surface area (Å²) in [6.07, 6.45) is 1.20. The van der Waals surface area contributed by atoms with Crippen LogP contribution in [0.1, 0.15) is 47.7 Å². The van der Waals surface area contributed by atoms with Gasteiger partial charge in [0.05, 0.1) is 4.83 Å². The molecule has 2 atom stereocenters. The zero-order chi connectivity index (χ0) is 12.3. The summed E-state index contributed by atoms with van der Waals surface area (Å²) in [6.45, 7) is 4.51. The van der Waals surface area contributed by atoms with Gasteiger partial charge in [0.1, 0.15) is 0 Å². The average molecular weight is 309 g/mol. The molecule has 1 aromatic heterocycles. The van der Waals surface area contributed by atoms with Crippen LogP contribution in [0.5, 0.6) is 0 Å². The molecular weight excluding hydrogens is 292 g/mol. The zero-order valence-electron chi connectivity index (χ0n) is 10.2. The lowest BCUT2D eigenvalue weighted by Gasteiger charge is -2.12. The molecule has 0 saturated carbocycles. The van der Waals surface area contributed by atoms with E-state index < -0.39 is 0 Å². The van der Waals surface area contributed by atoms with Crippen molar-refractivity contribution in [1.29, 1.82) is 0 Å². The Morgan fingerprint density at radius 1 is 1.06 bits per heavy atom. The van der Waals surface area contributed by atoms with Crippen molar-refractivity contribution in [2.24, 2.45) is 0 Å². The van der Waals surface area contributed by atoms with E-state index in [9.17, 15) is 0 Å². The van der Waals surface area contributed by atoms with Crippen LogP contribution in [0, 0.1) is 0 Å². The van der Waals surface area contributed by atoms with Gasteiger partial charge in [0, 0.05) is 0 Å². The minimum atomic E-state index is 0.319. The normalized spacial score (nSPS) is 14.5. The summed E-state index contributed by atoms with van der Waals surface area (Å²) < 4.78 is 0. The van der Waals surface area contributed by atoms with Crippen molar-refractivity contribution in [1.82, 2.24) is 0 Å². The highest BCUT2D eigenvalue weighted by Gasteiger charge is 2.11. The summed E-state index contributed by atoms with van der Waals surface area (Å²) in [5, 5.41) is 4.32. The Kier molecular flexibility index (Phi) is 4.41. The van der Waals surface area contributed by atoms with E-state index in [1.807, 2.05) is 0 Å². The standard InChI is InChI=1S/C15H17BrS/c1-3-11(2)12-4-6-13(7-5-12)15(16)14-8-9-17-10-14/h4-11,15H,3H2,1-2H3. The predicted molar refractivity (Wildman–Crippen MR) is 80.2 cm³/mol. The van der Waals surface area contributed by atoms with Gasteiger partial charge in [-0.15, -0.1) is 0 Å². The van der Waals surface area contributed by atoms with E-state index in [1.54, 1.807) is 11.3 Å². The van der Waals surface area contributed by atoms with Crippen LogP contribution in [0.4, 0.5) is 0 Å². The molecule has 0 spiro atoms. The van der Waals surface area contributed by atoms with Crippen LogP contribution in [0.3, 0.4) is 0 Å². The molecule has 0 nitrogen and oxygen atoms in total. The Bertz CT molecular complexity index is 444. The van der Waals surface area contributed by atoms with Gasteiger partial charge in [-0.05, 0) is 45.9 Å². The Balaban J connectivity index is 2.18. The van der Waals surface area contributed by atoms with E-state index in [2.05, 4.69) is 70.9 Å². The Hall–Kier alpha value is -0.600. The first-order valence-electron chi connectivity index (χ1n) is 5.98. The second kappa shape index (κ2) is 5.83. The van der Waals surface area contributed by atoms with Crippen LogP contribution >= 0.6 is 27.3 Å². The molecule has 0 aliphatic carbocycles. The summed E-state index contributed by atoms with van der Waals surface area (Å²) in [5.74, 6) is 0.652. The molecule has 1 aromatic carbocycles. The quantitative estimate of drug-likeness (QED) is 0.631. The van der Waals surface area contributed by atoms with Crippen LogP contribution in [0.2, 0.25) is 0 Å². The van der Waals surface area contributed by atoms with Crippen LogP contribution in [-0.2, 0) is 0 Å². The van der Waals surface area contributed by atoms with E-state index in [4.69, 9.17) is 0 Å². The van der Waals surface area contributed by atoms with Gasteiger partial charge in [-0.1, -0.05) is 54.0 Å². The number of alkyl halides is 1. The lowest BCUT2D eigenvalue weighted by molar-refractivity contribution is 0.733. The lowest BCUT2D eigenvalue weighted by atomic mass is 9.96.